The molecule has 12 heavy (non-hydrogen) atoms. The van der Waals surface area contributed by atoms with E-state index in [1.54, 1.807) is 0 Å². The Bertz CT molecular complexity index is 217. The zero-order valence-electron chi connectivity index (χ0n) is 6.66. The van der Waals surface area contributed by atoms with Crippen molar-refractivity contribution in [2.75, 3.05) is 0 Å². The Labute approximate surface area is 70.1 Å². The maximum Gasteiger partial charge on any atom is 0.328 e. The summed E-state index contributed by atoms with van der Waals surface area (Å²) in [6.45, 7) is 0. The molecule has 0 amide bonds. The molecule has 1 fully saturated rings. The highest BCUT2D eigenvalue weighted by Crippen LogP contribution is 2.30. The van der Waals surface area contributed by atoms with Gasteiger partial charge in [0, 0.05) is 12.5 Å². The fourth-order valence-corrected chi connectivity index (χ4v) is 1.38. The topological polar surface area (TPSA) is 77.8 Å². The molecule has 1 saturated carbocycles. The normalized spacial score (nSPS) is 25.7. The molecule has 0 spiro atoms. The Balaban J connectivity index is 2.79. The molecule has 0 bridgehead atoms. The van der Waals surface area contributed by atoms with Gasteiger partial charge < -0.3 is 15.3 Å². The first kappa shape index (κ1) is 9.22. The summed E-state index contributed by atoms with van der Waals surface area (Å²) >= 11 is 0. The Kier molecular flexibility index (Phi) is 2.49. The maximum atomic E-state index is 10.3. The van der Waals surface area contributed by atoms with Gasteiger partial charge in [0.1, 0.15) is 0 Å². The molecule has 3 N–H and O–H groups in total. The maximum absolute atomic E-state index is 10.3. The van der Waals surface area contributed by atoms with Gasteiger partial charge in [-0.15, -0.1) is 0 Å². The smallest absolute Gasteiger partial charge is 0.328 e. The third-order valence-corrected chi connectivity index (χ3v) is 2.03. The van der Waals surface area contributed by atoms with Crippen molar-refractivity contribution in [2.45, 2.75) is 31.5 Å². The van der Waals surface area contributed by atoms with Crippen LogP contribution in [0.15, 0.2) is 11.6 Å². The number of rotatable bonds is 1. The first-order valence-electron chi connectivity index (χ1n) is 3.91. The van der Waals surface area contributed by atoms with Gasteiger partial charge in [-0.2, -0.15) is 0 Å². The van der Waals surface area contributed by atoms with E-state index in [4.69, 9.17) is 5.11 Å². The standard InChI is InChI=1S/C8H12O4/c9-7(10)5-6-3-1-2-4-8(6,11)12/h5,11-12H,1-4H2,(H,9,10)/b6-5-. The molecule has 0 heterocycles. The molecular weight excluding hydrogens is 160 g/mol. The summed E-state index contributed by atoms with van der Waals surface area (Å²) < 4.78 is 0. The van der Waals surface area contributed by atoms with Crippen LogP contribution in [0.25, 0.3) is 0 Å². The van der Waals surface area contributed by atoms with E-state index in [-0.39, 0.29) is 12.0 Å². The summed E-state index contributed by atoms with van der Waals surface area (Å²) in [6, 6.07) is 0. The fourth-order valence-electron chi connectivity index (χ4n) is 1.38. The van der Waals surface area contributed by atoms with Crippen LogP contribution >= 0.6 is 0 Å². The lowest BCUT2D eigenvalue weighted by molar-refractivity contribution is -0.145. The van der Waals surface area contributed by atoms with Crippen LogP contribution in [-0.2, 0) is 4.79 Å². The average Bonchev–Trinajstić information content (AvgIpc) is 1.92. The van der Waals surface area contributed by atoms with Crippen molar-refractivity contribution in [3.8, 4) is 0 Å². The summed E-state index contributed by atoms with van der Waals surface area (Å²) in [5.41, 5.74) is 0.209. The first-order valence-corrected chi connectivity index (χ1v) is 3.91. The van der Waals surface area contributed by atoms with Crippen LogP contribution in [0.3, 0.4) is 0 Å². The molecule has 68 valence electrons. The van der Waals surface area contributed by atoms with Gasteiger partial charge in [0.2, 0.25) is 0 Å². The highest BCUT2D eigenvalue weighted by atomic mass is 16.5. The number of carboxylic acid groups (broad SMARTS) is 1. The molecule has 4 heteroatoms. The molecule has 1 aliphatic carbocycles. The third-order valence-electron chi connectivity index (χ3n) is 2.03. The van der Waals surface area contributed by atoms with Crippen LogP contribution < -0.4 is 0 Å². The van der Waals surface area contributed by atoms with Crippen LogP contribution in [0.1, 0.15) is 25.7 Å². The Hall–Kier alpha value is -0.870. The number of hydrogen-bond donors (Lipinski definition) is 3. The predicted octanol–water partition coefficient (Wildman–Crippen LogP) is 0.252. The van der Waals surface area contributed by atoms with E-state index < -0.39 is 11.8 Å². The molecule has 0 aromatic rings. The molecule has 0 aromatic carbocycles. The molecule has 0 atom stereocenters. The summed E-state index contributed by atoms with van der Waals surface area (Å²) in [4.78, 5) is 10.3. The number of aliphatic carboxylic acids is 1. The van der Waals surface area contributed by atoms with Gasteiger partial charge in [-0.1, -0.05) is 0 Å². The summed E-state index contributed by atoms with van der Waals surface area (Å²) in [5.74, 6) is -3.02. The molecule has 1 rings (SSSR count). The van der Waals surface area contributed by atoms with Gasteiger partial charge in [-0.05, 0) is 24.8 Å². The third kappa shape index (κ3) is 2.06. The van der Waals surface area contributed by atoms with Crippen LogP contribution in [0, 0.1) is 0 Å². The second kappa shape index (κ2) is 3.25. The minimum absolute atomic E-state index is 0.209. The van der Waals surface area contributed by atoms with Gasteiger partial charge in [0.15, 0.2) is 5.79 Å². The van der Waals surface area contributed by atoms with E-state index in [2.05, 4.69) is 0 Å². The second-order valence-corrected chi connectivity index (χ2v) is 3.03. The number of carboxylic acids is 1. The van der Waals surface area contributed by atoms with Gasteiger partial charge in [-0.25, -0.2) is 4.79 Å². The highest BCUT2D eigenvalue weighted by molar-refractivity contribution is 5.81. The monoisotopic (exact) mass is 172 g/mol. The van der Waals surface area contributed by atoms with E-state index in [0.29, 0.717) is 6.42 Å². The van der Waals surface area contributed by atoms with E-state index >= 15 is 0 Å². The van der Waals surface area contributed by atoms with Crippen molar-refractivity contribution < 1.29 is 20.1 Å². The van der Waals surface area contributed by atoms with Crippen molar-refractivity contribution in [3.05, 3.63) is 11.6 Å². The largest absolute Gasteiger partial charge is 0.478 e. The lowest BCUT2D eigenvalue weighted by atomic mass is 9.89. The molecule has 0 aromatic heterocycles. The Morgan fingerprint density at radius 2 is 2.08 bits per heavy atom. The van der Waals surface area contributed by atoms with E-state index in [0.717, 1.165) is 18.9 Å². The zero-order chi connectivity index (χ0) is 9.19. The first-order chi connectivity index (χ1) is 5.52. The van der Waals surface area contributed by atoms with E-state index in [1.807, 2.05) is 0 Å². The second-order valence-electron chi connectivity index (χ2n) is 3.03. The zero-order valence-corrected chi connectivity index (χ0v) is 6.66. The van der Waals surface area contributed by atoms with Crippen molar-refractivity contribution in [2.24, 2.45) is 0 Å². The highest BCUT2D eigenvalue weighted by Gasteiger charge is 2.31. The van der Waals surface area contributed by atoms with Gasteiger partial charge in [0.25, 0.3) is 0 Å². The van der Waals surface area contributed by atoms with Gasteiger partial charge in [0.05, 0.1) is 0 Å². The van der Waals surface area contributed by atoms with Crippen LogP contribution in [0.4, 0.5) is 0 Å². The molecule has 0 aliphatic heterocycles. The van der Waals surface area contributed by atoms with Gasteiger partial charge in [-0.3, -0.25) is 0 Å². The van der Waals surface area contributed by atoms with Gasteiger partial charge >= 0.3 is 5.97 Å². The molecule has 1 aliphatic rings. The molecule has 0 radical (unpaired) electrons. The van der Waals surface area contributed by atoms with Crippen LogP contribution in [-0.4, -0.2) is 27.1 Å². The van der Waals surface area contributed by atoms with Crippen molar-refractivity contribution >= 4 is 5.97 Å². The van der Waals surface area contributed by atoms with Crippen LogP contribution in [0.5, 0.6) is 0 Å². The molecule has 0 unspecified atom stereocenters. The lowest BCUT2D eigenvalue weighted by Gasteiger charge is -2.29. The summed E-state index contributed by atoms with van der Waals surface area (Å²) in [7, 11) is 0. The van der Waals surface area contributed by atoms with Crippen molar-refractivity contribution in [1.29, 1.82) is 0 Å². The van der Waals surface area contributed by atoms with Crippen molar-refractivity contribution in [1.82, 2.24) is 0 Å². The van der Waals surface area contributed by atoms with E-state index in [9.17, 15) is 15.0 Å². The Morgan fingerprint density at radius 3 is 2.58 bits per heavy atom. The number of aliphatic hydroxyl groups is 2. The van der Waals surface area contributed by atoms with E-state index in [1.165, 1.54) is 0 Å². The predicted molar refractivity (Wildman–Crippen MR) is 41.4 cm³/mol. The SMILES string of the molecule is O=C(O)/C=C1/CCCCC1(O)O. The summed E-state index contributed by atoms with van der Waals surface area (Å²) in [6.07, 6.45) is 3.12. The average molecular weight is 172 g/mol. The van der Waals surface area contributed by atoms with Crippen LogP contribution in [0.2, 0.25) is 0 Å². The quantitative estimate of drug-likeness (QED) is 0.391. The molecule has 4 nitrogen and oxygen atoms in total. The minimum atomic E-state index is -1.89. The summed E-state index contributed by atoms with van der Waals surface area (Å²) in [5, 5.41) is 27.0. The minimum Gasteiger partial charge on any atom is -0.478 e. The fraction of sp³-hybridized carbons (Fsp3) is 0.625. The molecule has 0 saturated heterocycles. The Morgan fingerprint density at radius 1 is 1.42 bits per heavy atom. The number of carbonyl (C=O) groups is 1. The lowest BCUT2D eigenvalue weighted by Crippen LogP contribution is -2.33. The van der Waals surface area contributed by atoms with Crippen molar-refractivity contribution in [3.63, 3.8) is 0 Å². The number of hydrogen-bond acceptors (Lipinski definition) is 3. The molecular formula is C8H12O4.